The Labute approximate surface area is 170 Å². The summed E-state index contributed by atoms with van der Waals surface area (Å²) in [5.74, 6) is 2.23. The molecule has 4 aromatic rings. The molecule has 5 heteroatoms. The second kappa shape index (κ2) is 7.97. The van der Waals surface area contributed by atoms with E-state index in [-0.39, 0.29) is 0 Å². The van der Waals surface area contributed by atoms with Crippen molar-refractivity contribution in [1.82, 2.24) is 24.8 Å². The Balaban J connectivity index is 1.26. The molecule has 5 rings (SSSR count). The van der Waals surface area contributed by atoms with Crippen LogP contribution in [0.1, 0.15) is 23.7 Å². The Kier molecular flexibility index (Phi) is 4.88. The Hall–Kier alpha value is -3.31. The van der Waals surface area contributed by atoms with Crippen molar-refractivity contribution >= 4 is 0 Å². The van der Waals surface area contributed by atoms with Gasteiger partial charge in [-0.05, 0) is 18.5 Å². The molecule has 3 heterocycles. The maximum Gasteiger partial charge on any atom is 0.159 e. The Morgan fingerprint density at radius 1 is 0.897 bits per heavy atom. The van der Waals surface area contributed by atoms with E-state index >= 15 is 0 Å². The highest BCUT2D eigenvalue weighted by atomic mass is 15.2. The van der Waals surface area contributed by atoms with Gasteiger partial charge in [-0.15, -0.1) is 0 Å². The summed E-state index contributed by atoms with van der Waals surface area (Å²) in [4.78, 5) is 19.8. The predicted octanol–water partition coefficient (Wildman–Crippen LogP) is 4.52. The van der Waals surface area contributed by atoms with Crippen LogP contribution in [-0.4, -0.2) is 37.9 Å². The molecule has 0 unspecified atom stereocenters. The van der Waals surface area contributed by atoms with Crippen LogP contribution in [0.15, 0.2) is 79.3 Å². The van der Waals surface area contributed by atoms with Crippen LogP contribution in [0.25, 0.3) is 22.6 Å². The maximum absolute atomic E-state index is 4.84. The minimum Gasteiger partial charge on any atom is -0.348 e. The van der Waals surface area contributed by atoms with Gasteiger partial charge in [0.1, 0.15) is 5.82 Å². The lowest BCUT2D eigenvalue weighted by molar-refractivity contribution is 0.326. The summed E-state index contributed by atoms with van der Waals surface area (Å²) in [5.41, 5.74) is 4.22. The normalized spacial score (nSPS) is 16.9. The van der Waals surface area contributed by atoms with Gasteiger partial charge in [0, 0.05) is 48.7 Å². The highest BCUT2D eigenvalue weighted by Crippen LogP contribution is 2.28. The van der Waals surface area contributed by atoms with E-state index in [4.69, 9.17) is 4.98 Å². The SMILES string of the molecule is c1ccc(CN2CC[C@@H](c3nc(-c4cnc(-c5ccccc5)nc4)c[nH]3)C2)cc1. The number of hydrogen-bond donors (Lipinski definition) is 1. The van der Waals surface area contributed by atoms with Crippen LogP contribution in [-0.2, 0) is 6.54 Å². The molecular weight excluding hydrogens is 358 g/mol. The van der Waals surface area contributed by atoms with Crippen LogP contribution >= 0.6 is 0 Å². The molecule has 1 N–H and O–H groups in total. The fourth-order valence-electron chi connectivity index (χ4n) is 3.93. The van der Waals surface area contributed by atoms with E-state index in [0.717, 1.165) is 54.5 Å². The molecule has 1 aliphatic rings. The Bertz CT molecular complexity index is 1060. The van der Waals surface area contributed by atoms with Gasteiger partial charge < -0.3 is 4.98 Å². The molecule has 1 atom stereocenters. The second-order valence-electron chi connectivity index (χ2n) is 7.54. The van der Waals surface area contributed by atoms with Crippen molar-refractivity contribution in [1.29, 1.82) is 0 Å². The van der Waals surface area contributed by atoms with Gasteiger partial charge in [-0.3, -0.25) is 4.90 Å². The van der Waals surface area contributed by atoms with Crippen molar-refractivity contribution in [2.24, 2.45) is 0 Å². The molecular formula is C24H23N5. The molecule has 29 heavy (non-hydrogen) atoms. The van der Waals surface area contributed by atoms with Crippen molar-refractivity contribution < 1.29 is 0 Å². The highest BCUT2D eigenvalue weighted by molar-refractivity contribution is 5.60. The molecule has 0 saturated carbocycles. The summed E-state index contributed by atoms with van der Waals surface area (Å²) in [6.45, 7) is 3.13. The number of benzene rings is 2. The molecule has 2 aromatic carbocycles. The lowest BCUT2D eigenvalue weighted by Crippen LogP contribution is -2.19. The standard InChI is InChI=1S/C24H23N5/c1-3-7-18(8-4-1)16-29-12-11-20(17-29)24-27-15-22(28-24)21-13-25-23(26-14-21)19-9-5-2-6-10-19/h1-10,13-15,20H,11-12,16-17H2,(H,27,28)/t20-/m1/s1. The fraction of sp³-hybridized carbons (Fsp3) is 0.208. The fourth-order valence-corrected chi connectivity index (χ4v) is 3.93. The first-order chi connectivity index (χ1) is 14.3. The molecule has 5 nitrogen and oxygen atoms in total. The molecule has 0 amide bonds. The van der Waals surface area contributed by atoms with E-state index in [9.17, 15) is 0 Å². The van der Waals surface area contributed by atoms with Gasteiger partial charge >= 0.3 is 0 Å². The lowest BCUT2D eigenvalue weighted by atomic mass is 10.1. The minimum absolute atomic E-state index is 0.442. The molecule has 0 bridgehead atoms. The highest BCUT2D eigenvalue weighted by Gasteiger charge is 2.26. The Morgan fingerprint density at radius 3 is 2.38 bits per heavy atom. The van der Waals surface area contributed by atoms with Crippen molar-refractivity contribution in [3.63, 3.8) is 0 Å². The molecule has 0 radical (unpaired) electrons. The average molecular weight is 381 g/mol. The predicted molar refractivity (Wildman–Crippen MR) is 114 cm³/mol. The smallest absolute Gasteiger partial charge is 0.159 e. The average Bonchev–Trinajstić information content (AvgIpc) is 3.45. The van der Waals surface area contributed by atoms with Gasteiger partial charge in [0.25, 0.3) is 0 Å². The summed E-state index contributed by atoms with van der Waals surface area (Å²) in [5, 5.41) is 0. The molecule has 1 saturated heterocycles. The first-order valence-corrected chi connectivity index (χ1v) is 10.0. The zero-order valence-electron chi connectivity index (χ0n) is 16.2. The number of likely N-dealkylation sites (tertiary alicyclic amines) is 1. The van der Waals surface area contributed by atoms with Gasteiger partial charge in [-0.1, -0.05) is 60.7 Å². The van der Waals surface area contributed by atoms with E-state index < -0.39 is 0 Å². The minimum atomic E-state index is 0.442. The first kappa shape index (κ1) is 17.8. The van der Waals surface area contributed by atoms with Crippen molar-refractivity contribution in [2.75, 3.05) is 13.1 Å². The largest absolute Gasteiger partial charge is 0.348 e. The molecule has 1 fully saturated rings. The first-order valence-electron chi connectivity index (χ1n) is 10.0. The number of rotatable bonds is 5. The zero-order valence-corrected chi connectivity index (χ0v) is 16.2. The van der Waals surface area contributed by atoms with Crippen LogP contribution in [0.2, 0.25) is 0 Å². The summed E-state index contributed by atoms with van der Waals surface area (Å²) in [6, 6.07) is 20.7. The maximum atomic E-state index is 4.84. The van der Waals surface area contributed by atoms with Crippen LogP contribution in [0.5, 0.6) is 0 Å². The number of nitrogens with one attached hydrogen (secondary N) is 1. The summed E-state index contributed by atoms with van der Waals surface area (Å²) in [7, 11) is 0. The molecule has 2 aromatic heterocycles. The number of hydrogen-bond acceptors (Lipinski definition) is 4. The molecule has 0 aliphatic carbocycles. The number of H-pyrrole nitrogens is 1. The molecule has 0 spiro atoms. The van der Waals surface area contributed by atoms with Gasteiger partial charge in [0.05, 0.1) is 5.69 Å². The van der Waals surface area contributed by atoms with Crippen molar-refractivity contribution in [3.05, 3.63) is 90.6 Å². The van der Waals surface area contributed by atoms with Gasteiger partial charge in [-0.25, -0.2) is 15.0 Å². The summed E-state index contributed by atoms with van der Waals surface area (Å²) in [6.07, 6.45) is 6.80. The van der Waals surface area contributed by atoms with Crippen molar-refractivity contribution in [3.8, 4) is 22.6 Å². The third-order valence-electron chi connectivity index (χ3n) is 5.49. The summed E-state index contributed by atoms with van der Waals surface area (Å²) >= 11 is 0. The number of imidazole rings is 1. The Morgan fingerprint density at radius 2 is 1.62 bits per heavy atom. The number of aromatic nitrogens is 4. The molecule has 144 valence electrons. The van der Waals surface area contributed by atoms with Crippen LogP contribution in [0.3, 0.4) is 0 Å². The van der Waals surface area contributed by atoms with Gasteiger partial charge in [-0.2, -0.15) is 0 Å². The third kappa shape index (κ3) is 3.96. The number of aromatic amines is 1. The van der Waals surface area contributed by atoms with Crippen LogP contribution < -0.4 is 0 Å². The van der Waals surface area contributed by atoms with Crippen LogP contribution in [0, 0.1) is 0 Å². The van der Waals surface area contributed by atoms with E-state index in [1.165, 1.54) is 5.56 Å². The number of nitrogens with zero attached hydrogens (tertiary/aromatic N) is 4. The zero-order chi connectivity index (χ0) is 19.5. The van der Waals surface area contributed by atoms with Crippen molar-refractivity contribution in [2.45, 2.75) is 18.9 Å². The second-order valence-corrected chi connectivity index (χ2v) is 7.54. The quantitative estimate of drug-likeness (QED) is 0.552. The van der Waals surface area contributed by atoms with Gasteiger partial charge in [0.2, 0.25) is 0 Å². The summed E-state index contributed by atoms with van der Waals surface area (Å²) < 4.78 is 0. The van der Waals surface area contributed by atoms with Gasteiger partial charge in [0.15, 0.2) is 5.82 Å². The van der Waals surface area contributed by atoms with Crippen LogP contribution in [0.4, 0.5) is 0 Å². The monoisotopic (exact) mass is 381 g/mol. The molecule has 1 aliphatic heterocycles. The van der Waals surface area contributed by atoms with E-state index in [2.05, 4.69) is 50.2 Å². The van der Waals surface area contributed by atoms with E-state index in [1.54, 1.807) is 0 Å². The third-order valence-corrected chi connectivity index (χ3v) is 5.49. The van der Waals surface area contributed by atoms with E-state index in [1.807, 2.05) is 48.9 Å². The lowest BCUT2D eigenvalue weighted by Gasteiger charge is -2.15. The van der Waals surface area contributed by atoms with E-state index in [0.29, 0.717) is 5.92 Å². The topological polar surface area (TPSA) is 57.7 Å².